The number of aliphatic hydroxyl groups excluding tert-OH is 1. The normalized spacial score (nSPS) is 11.8. The lowest BCUT2D eigenvalue weighted by molar-refractivity contribution is -0.153. The molecule has 0 bridgehead atoms. The second-order valence-electron chi connectivity index (χ2n) is 3.38. The average Bonchev–Trinajstić information content (AvgIpc) is 2.37. The maximum atomic E-state index is 11.5. The molecule has 1 rings (SSSR count). The Bertz CT molecular complexity index is 433. The quantitative estimate of drug-likeness (QED) is 0.832. The van der Waals surface area contributed by atoms with Gasteiger partial charge in [0.1, 0.15) is 11.5 Å². The number of aliphatic hydroxyl groups is 1. The highest BCUT2D eigenvalue weighted by molar-refractivity contribution is 6.32. The van der Waals surface area contributed by atoms with Crippen molar-refractivity contribution < 1.29 is 24.1 Å². The standard InChI is InChI=1S/C12H15ClO5/c1-4-18-12(15)11(14)7-5-10(17-3)8(13)6-9(7)16-2/h5-6,11,14H,4H2,1-3H3. The third-order valence-electron chi connectivity index (χ3n) is 2.31. The minimum absolute atomic E-state index is 0.183. The molecular formula is C12H15ClO5. The first-order chi connectivity index (χ1) is 8.54. The first-order valence-corrected chi connectivity index (χ1v) is 5.69. The van der Waals surface area contributed by atoms with E-state index >= 15 is 0 Å². The van der Waals surface area contributed by atoms with E-state index in [1.165, 1.54) is 26.4 Å². The van der Waals surface area contributed by atoms with Crippen LogP contribution in [0.25, 0.3) is 0 Å². The number of carbonyl (C=O) groups is 1. The minimum atomic E-state index is -1.44. The Morgan fingerprint density at radius 2 is 1.94 bits per heavy atom. The third-order valence-corrected chi connectivity index (χ3v) is 2.60. The molecule has 0 aliphatic carbocycles. The van der Waals surface area contributed by atoms with Gasteiger partial charge in [0.15, 0.2) is 6.10 Å². The van der Waals surface area contributed by atoms with Gasteiger partial charge in [-0.3, -0.25) is 0 Å². The number of halogens is 1. The van der Waals surface area contributed by atoms with Crippen molar-refractivity contribution in [1.29, 1.82) is 0 Å². The summed E-state index contributed by atoms with van der Waals surface area (Å²) in [6, 6.07) is 2.92. The Morgan fingerprint density at radius 1 is 1.33 bits per heavy atom. The first-order valence-electron chi connectivity index (χ1n) is 5.31. The van der Waals surface area contributed by atoms with Crippen LogP contribution in [0.5, 0.6) is 11.5 Å². The molecule has 0 aliphatic heterocycles. The topological polar surface area (TPSA) is 65.0 Å². The van der Waals surface area contributed by atoms with Crippen LogP contribution in [0, 0.1) is 0 Å². The largest absolute Gasteiger partial charge is 0.496 e. The summed E-state index contributed by atoms with van der Waals surface area (Å²) in [6.07, 6.45) is -1.44. The molecule has 0 saturated carbocycles. The smallest absolute Gasteiger partial charge is 0.339 e. The minimum Gasteiger partial charge on any atom is -0.496 e. The molecule has 1 aromatic rings. The number of benzene rings is 1. The van der Waals surface area contributed by atoms with Crippen LogP contribution < -0.4 is 9.47 Å². The fraction of sp³-hybridized carbons (Fsp3) is 0.417. The molecule has 0 fully saturated rings. The Hall–Kier alpha value is -1.46. The lowest BCUT2D eigenvalue weighted by Crippen LogP contribution is -2.16. The summed E-state index contributed by atoms with van der Waals surface area (Å²) in [5, 5.41) is 10.2. The van der Waals surface area contributed by atoms with E-state index in [1.807, 2.05) is 0 Å². The zero-order valence-electron chi connectivity index (χ0n) is 10.4. The predicted molar refractivity (Wildman–Crippen MR) is 66.1 cm³/mol. The van der Waals surface area contributed by atoms with Gasteiger partial charge in [0.2, 0.25) is 0 Å². The van der Waals surface area contributed by atoms with Crippen molar-refractivity contribution in [3.63, 3.8) is 0 Å². The Kier molecular flexibility index (Phi) is 5.25. The van der Waals surface area contributed by atoms with Gasteiger partial charge >= 0.3 is 5.97 Å². The van der Waals surface area contributed by atoms with Gasteiger partial charge in [0.05, 0.1) is 25.8 Å². The molecule has 0 heterocycles. The summed E-state index contributed by atoms with van der Waals surface area (Å²) in [6.45, 7) is 1.84. The lowest BCUT2D eigenvalue weighted by atomic mass is 10.1. The van der Waals surface area contributed by atoms with Gasteiger partial charge in [0.25, 0.3) is 0 Å². The SMILES string of the molecule is CCOC(=O)C(O)c1cc(OC)c(Cl)cc1OC. The molecule has 0 aliphatic rings. The fourth-order valence-corrected chi connectivity index (χ4v) is 1.68. The molecule has 1 unspecified atom stereocenters. The number of hydrogen-bond acceptors (Lipinski definition) is 5. The van der Waals surface area contributed by atoms with E-state index in [0.717, 1.165) is 0 Å². The van der Waals surface area contributed by atoms with Crippen molar-refractivity contribution in [1.82, 2.24) is 0 Å². The molecule has 0 amide bonds. The molecule has 0 radical (unpaired) electrons. The van der Waals surface area contributed by atoms with Gasteiger partial charge < -0.3 is 19.3 Å². The van der Waals surface area contributed by atoms with Crippen LogP contribution in [-0.4, -0.2) is 31.9 Å². The highest BCUT2D eigenvalue weighted by Crippen LogP contribution is 2.35. The van der Waals surface area contributed by atoms with Crippen LogP contribution in [-0.2, 0) is 9.53 Å². The molecule has 0 aromatic heterocycles. The zero-order chi connectivity index (χ0) is 13.7. The lowest BCUT2D eigenvalue weighted by Gasteiger charge is -2.15. The average molecular weight is 275 g/mol. The van der Waals surface area contributed by atoms with Gasteiger partial charge in [-0.1, -0.05) is 11.6 Å². The highest BCUT2D eigenvalue weighted by atomic mass is 35.5. The summed E-state index contributed by atoms with van der Waals surface area (Å²) in [7, 11) is 2.85. The van der Waals surface area contributed by atoms with E-state index < -0.39 is 12.1 Å². The molecule has 0 saturated heterocycles. The summed E-state index contributed by atoms with van der Waals surface area (Å²) >= 11 is 5.92. The molecule has 5 nitrogen and oxygen atoms in total. The number of carbonyl (C=O) groups excluding carboxylic acids is 1. The van der Waals surface area contributed by atoms with Crippen molar-refractivity contribution >= 4 is 17.6 Å². The number of methoxy groups -OCH3 is 2. The van der Waals surface area contributed by atoms with Crippen LogP contribution in [0.2, 0.25) is 5.02 Å². The van der Waals surface area contributed by atoms with E-state index in [0.29, 0.717) is 16.5 Å². The predicted octanol–water partition coefficient (Wildman–Crippen LogP) is 1.95. The van der Waals surface area contributed by atoms with E-state index in [4.69, 9.17) is 25.8 Å². The maximum absolute atomic E-state index is 11.5. The van der Waals surface area contributed by atoms with Crippen molar-refractivity contribution in [2.24, 2.45) is 0 Å². The number of hydrogen-bond donors (Lipinski definition) is 1. The molecule has 1 N–H and O–H groups in total. The zero-order valence-corrected chi connectivity index (χ0v) is 11.2. The van der Waals surface area contributed by atoms with Crippen molar-refractivity contribution in [3.8, 4) is 11.5 Å². The van der Waals surface area contributed by atoms with Crippen LogP contribution >= 0.6 is 11.6 Å². The summed E-state index contributed by atoms with van der Waals surface area (Å²) in [5.41, 5.74) is 0.247. The first kappa shape index (κ1) is 14.6. The highest BCUT2D eigenvalue weighted by Gasteiger charge is 2.24. The summed E-state index contributed by atoms with van der Waals surface area (Å²) < 4.78 is 14.8. The Labute approximate surface area is 110 Å². The molecule has 6 heteroatoms. The number of esters is 1. The second kappa shape index (κ2) is 6.47. The second-order valence-corrected chi connectivity index (χ2v) is 3.79. The number of ether oxygens (including phenoxy) is 3. The van der Waals surface area contributed by atoms with Crippen LogP contribution in [0.15, 0.2) is 12.1 Å². The fourth-order valence-electron chi connectivity index (χ4n) is 1.45. The molecule has 1 aromatic carbocycles. The van der Waals surface area contributed by atoms with Gasteiger partial charge in [-0.2, -0.15) is 0 Å². The van der Waals surface area contributed by atoms with Crippen LogP contribution in [0.3, 0.4) is 0 Å². The van der Waals surface area contributed by atoms with Crippen molar-refractivity contribution in [2.45, 2.75) is 13.0 Å². The third kappa shape index (κ3) is 3.05. The molecule has 18 heavy (non-hydrogen) atoms. The van der Waals surface area contributed by atoms with Gasteiger partial charge in [-0.05, 0) is 13.0 Å². The van der Waals surface area contributed by atoms with E-state index in [2.05, 4.69) is 0 Å². The maximum Gasteiger partial charge on any atom is 0.339 e. The Morgan fingerprint density at radius 3 is 2.44 bits per heavy atom. The van der Waals surface area contributed by atoms with Crippen LogP contribution in [0.1, 0.15) is 18.6 Å². The van der Waals surface area contributed by atoms with Crippen molar-refractivity contribution in [2.75, 3.05) is 20.8 Å². The van der Waals surface area contributed by atoms with Crippen LogP contribution in [0.4, 0.5) is 0 Å². The van der Waals surface area contributed by atoms with Gasteiger partial charge in [-0.25, -0.2) is 4.79 Å². The van der Waals surface area contributed by atoms with E-state index in [-0.39, 0.29) is 12.2 Å². The number of rotatable bonds is 5. The monoisotopic (exact) mass is 274 g/mol. The van der Waals surface area contributed by atoms with Gasteiger partial charge in [0, 0.05) is 11.6 Å². The summed E-state index contributed by atoms with van der Waals surface area (Å²) in [4.78, 5) is 11.5. The Balaban J connectivity index is 3.16. The molecular weight excluding hydrogens is 260 g/mol. The molecule has 1 atom stereocenters. The van der Waals surface area contributed by atoms with Gasteiger partial charge in [-0.15, -0.1) is 0 Å². The van der Waals surface area contributed by atoms with E-state index in [9.17, 15) is 9.90 Å². The van der Waals surface area contributed by atoms with E-state index in [1.54, 1.807) is 6.92 Å². The molecule has 0 spiro atoms. The van der Waals surface area contributed by atoms with Crippen molar-refractivity contribution in [3.05, 3.63) is 22.7 Å². The molecule has 100 valence electrons. The summed E-state index contributed by atoms with van der Waals surface area (Å²) in [5.74, 6) is -0.114.